The molecule has 2 aliphatic heterocycles. The van der Waals surface area contributed by atoms with Crippen LogP contribution in [0, 0.1) is 5.92 Å². The van der Waals surface area contributed by atoms with Crippen LogP contribution in [0.25, 0.3) is 0 Å². The minimum Gasteiger partial charge on any atom is -0.378 e. The Morgan fingerprint density at radius 1 is 1.37 bits per heavy atom. The summed E-state index contributed by atoms with van der Waals surface area (Å²) in [6.45, 7) is 5.52. The van der Waals surface area contributed by atoms with Gasteiger partial charge < -0.3 is 20.3 Å². The number of hydrogen-bond acceptors (Lipinski definition) is 4. The Hall–Kier alpha value is -0.650. The molecule has 0 bridgehead atoms. The van der Waals surface area contributed by atoms with E-state index in [0.29, 0.717) is 18.9 Å². The molecule has 2 saturated heterocycles. The Morgan fingerprint density at radius 3 is 3.00 bits per heavy atom. The zero-order chi connectivity index (χ0) is 13.1. The SMILES string of the molecule is O=C(CC1COCCN1)NCC1CCN(C2CC2)C1. The van der Waals surface area contributed by atoms with Crippen molar-refractivity contribution in [3.63, 3.8) is 0 Å². The first-order valence-corrected chi connectivity index (χ1v) is 7.63. The molecule has 108 valence electrons. The van der Waals surface area contributed by atoms with Gasteiger partial charge in [0, 0.05) is 38.1 Å². The monoisotopic (exact) mass is 267 g/mol. The molecule has 2 heterocycles. The van der Waals surface area contributed by atoms with Gasteiger partial charge >= 0.3 is 0 Å². The number of nitrogens with one attached hydrogen (secondary N) is 2. The van der Waals surface area contributed by atoms with Crippen LogP contribution in [0.5, 0.6) is 0 Å². The number of hydrogen-bond donors (Lipinski definition) is 2. The molecule has 3 fully saturated rings. The van der Waals surface area contributed by atoms with E-state index < -0.39 is 0 Å². The van der Waals surface area contributed by atoms with E-state index in [1.165, 1.54) is 32.4 Å². The number of amides is 1. The fraction of sp³-hybridized carbons (Fsp3) is 0.929. The van der Waals surface area contributed by atoms with Gasteiger partial charge in [0.05, 0.1) is 13.2 Å². The fourth-order valence-corrected chi connectivity index (χ4v) is 3.11. The van der Waals surface area contributed by atoms with Crippen molar-refractivity contribution in [1.29, 1.82) is 0 Å². The highest BCUT2D eigenvalue weighted by molar-refractivity contribution is 5.76. The van der Waals surface area contributed by atoms with Crippen LogP contribution in [0.1, 0.15) is 25.7 Å². The maximum Gasteiger partial charge on any atom is 0.221 e. The van der Waals surface area contributed by atoms with Gasteiger partial charge in [-0.2, -0.15) is 0 Å². The van der Waals surface area contributed by atoms with Gasteiger partial charge in [0.15, 0.2) is 0 Å². The highest BCUT2D eigenvalue weighted by Gasteiger charge is 2.34. The predicted octanol–water partition coefficient (Wildman–Crippen LogP) is -0.0346. The summed E-state index contributed by atoms with van der Waals surface area (Å²) in [5.74, 6) is 0.813. The molecule has 0 radical (unpaired) electrons. The second kappa shape index (κ2) is 6.20. The molecule has 2 unspecified atom stereocenters. The largest absolute Gasteiger partial charge is 0.378 e. The quantitative estimate of drug-likeness (QED) is 0.734. The maximum atomic E-state index is 11.9. The van der Waals surface area contributed by atoms with Crippen LogP contribution in [0.4, 0.5) is 0 Å². The summed E-state index contributed by atoms with van der Waals surface area (Å²) >= 11 is 0. The molecule has 5 nitrogen and oxygen atoms in total. The number of likely N-dealkylation sites (tertiary alicyclic amines) is 1. The molecular weight excluding hydrogens is 242 g/mol. The second-order valence-electron chi connectivity index (χ2n) is 6.11. The van der Waals surface area contributed by atoms with Crippen LogP contribution in [-0.2, 0) is 9.53 Å². The Balaban J connectivity index is 1.31. The first kappa shape index (κ1) is 13.3. The summed E-state index contributed by atoms with van der Waals surface area (Å²) in [5.41, 5.74) is 0. The summed E-state index contributed by atoms with van der Waals surface area (Å²) in [7, 11) is 0. The fourth-order valence-electron chi connectivity index (χ4n) is 3.11. The van der Waals surface area contributed by atoms with Crippen molar-refractivity contribution < 1.29 is 9.53 Å². The number of ether oxygens (including phenoxy) is 1. The lowest BCUT2D eigenvalue weighted by molar-refractivity contribution is -0.122. The highest BCUT2D eigenvalue weighted by Crippen LogP contribution is 2.31. The highest BCUT2D eigenvalue weighted by atomic mass is 16.5. The van der Waals surface area contributed by atoms with Crippen molar-refractivity contribution in [1.82, 2.24) is 15.5 Å². The molecule has 19 heavy (non-hydrogen) atoms. The van der Waals surface area contributed by atoms with Crippen molar-refractivity contribution in [2.24, 2.45) is 5.92 Å². The van der Waals surface area contributed by atoms with E-state index in [2.05, 4.69) is 15.5 Å². The standard InChI is InChI=1S/C14H25N3O2/c18-14(7-12-10-19-6-4-15-12)16-8-11-3-5-17(9-11)13-1-2-13/h11-13,15H,1-10H2,(H,16,18). The number of carbonyl (C=O) groups is 1. The molecule has 0 aromatic carbocycles. The van der Waals surface area contributed by atoms with E-state index in [0.717, 1.165) is 25.7 Å². The smallest absolute Gasteiger partial charge is 0.221 e. The minimum atomic E-state index is 0.160. The maximum absolute atomic E-state index is 11.9. The van der Waals surface area contributed by atoms with Gasteiger partial charge in [-0.05, 0) is 31.7 Å². The van der Waals surface area contributed by atoms with Crippen LogP contribution < -0.4 is 10.6 Å². The lowest BCUT2D eigenvalue weighted by Gasteiger charge is -2.23. The third kappa shape index (κ3) is 3.91. The zero-order valence-electron chi connectivity index (χ0n) is 11.6. The van der Waals surface area contributed by atoms with Crippen LogP contribution >= 0.6 is 0 Å². The summed E-state index contributed by atoms with van der Waals surface area (Å²) in [6.07, 6.45) is 4.54. The van der Waals surface area contributed by atoms with E-state index in [1.54, 1.807) is 0 Å². The van der Waals surface area contributed by atoms with Gasteiger partial charge in [-0.1, -0.05) is 0 Å². The zero-order valence-corrected chi connectivity index (χ0v) is 11.6. The molecule has 5 heteroatoms. The van der Waals surface area contributed by atoms with Crippen LogP contribution in [0.15, 0.2) is 0 Å². The average molecular weight is 267 g/mol. The second-order valence-corrected chi connectivity index (χ2v) is 6.11. The molecule has 0 spiro atoms. The Bertz CT molecular complexity index is 314. The normalized spacial score (nSPS) is 32.4. The molecule has 3 aliphatic rings. The Labute approximate surface area is 115 Å². The first-order chi connectivity index (χ1) is 9.31. The van der Waals surface area contributed by atoms with E-state index in [9.17, 15) is 4.79 Å². The molecule has 3 rings (SSSR count). The summed E-state index contributed by atoms with van der Waals surface area (Å²) in [4.78, 5) is 14.5. The lowest BCUT2D eigenvalue weighted by Crippen LogP contribution is -2.44. The Kier molecular flexibility index (Phi) is 4.35. The van der Waals surface area contributed by atoms with Crippen LogP contribution in [-0.4, -0.2) is 62.3 Å². The third-order valence-electron chi connectivity index (χ3n) is 4.40. The van der Waals surface area contributed by atoms with Crippen LogP contribution in [0.3, 0.4) is 0 Å². The minimum absolute atomic E-state index is 0.160. The van der Waals surface area contributed by atoms with Gasteiger partial charge in [0.1, 0.15) is 0 Å². The van der Waals surface area contributed by atoms with Crippen LogP contribution in [0.2, 0.25) is 0 Å². The van der Waals surface area contributed by atoms with E-state index in [4.69, 9.17) is 4.74 Å². The number of rotatable bonds is 5. The van der Waals surface area contributed by atoms with Gasteiger partial charge in [-0.25, -0.2) is 0 Å². The summed E-state index contributed by atoms with van der Waals surface area (Å²) in [6, 6.07) is 1.06. The lowest BCUT2D eigenvalue weighted by atomic mass is 10.1. The topological polar surface area (TPSA) is 53.6 Å². The van der Waals surface area contributed by atoms with E-state index in [1.807, 2.05) is 0 Å². The molecule has 1 amide bonds. The van der Waals surface area contributed by atoms with E-state index in [-0.39, 0.29) is 11.9 Å². The van der Waals surface area contributed by atoms with Crippen molar-refractivity contribution in [2.75, 3.05) is 39.4 Å². The summed E-state index contributed by atoms with van der Waals surface area (Å²) in [5, 5.41) is 6.40. The molecule has 1 aliphatic carbocycles. The van der Waals surface area contributed by atoms with Gasteiger partial charge in [-0.15, -0.1) is 0 Å². The van der Waals surface area contributed by atoms with E-state index >= 15 is 0 Å². The van der Waals surface area contributed by atoms with Crippen molar-refractivity contribution in [3.8, 4) is 0 Å². The Morgan fingerprint density at radius 2 is 2.26 bits per heavy atom. The number of carbonyl (C=O) groups excluding carboxylic acids is 1. The predicted molar refractivity (Wildman–Crippen MR) is 72.9 cm³/mol. The number of nitrogens with zero attached hydrogens (tertiary/aromatic N) is 1. The van der Waals surface area contributed by atoms with Gasteiger partial charge in [0.2, 0.25) is 5.91 Å². The van der Waals surface area contributed by atoms with Crippen molar-refractivity contribution in [2.45, 2.75) is 37.8 Å². The molecule has 1 saturated carbocycles. The molecule has 2 N–H and O–H groups in total. The molecule has 0 aromatic rings. The summed E-state index contributed by atoms with van der Waals surface area (Å²) < 4.78 is 5.36. The van der Waals surface area contributed by atoms with Crippen molar-refractivity contribution >= 4 is 5.91 Å². The van der Waals surface area contributed by atoms with Crippen molar-refractivity contribution in [3.05, 3.63) is 0 Å². The van der Waals surface area contributed by atoms with Gasteiger partial charge in [0.25, 0.3) is 0 Å². The van der Waals surface area contributed by atoms with Gasteiger partial charge in [-0.3, -0.25) is 4.79 Å². The number of morpholine rings is 1. The average Bonchev–Trinajstić information content (AvgIpc) is 3.17. The molecule has 0 aromatic heterocycles. The third-order valence-corrected chi connectivity index (χ3v) is 4.40. The first-order valence-electron chi connectivity index (χ1n) is 7.63. The molecular formula is C14H25N3O2. The molecule has 2 atom stereocenters.